The number of carbonyl (C=O) groups excluding carboxylic acids is 3. The van der Waals surface area contributed by atoms with Crippen LogP contribution in [0.3, 0.4) is 0 Å². The van der Waals surface area contributed by atoms with Crippen LogP contribution in [0, 0.1) is 6.07 Å². The summed E-state index contributed by atoms with van der Waals surface area (Å²) in [5, 5.41) is 0.246. The van der Waals surface area contributed by atoms with E-state index in [1.165, 1.54) is 24.3 Å². The highest BCUT2D eigenvalue weighted by atomic mass is 35.5. The van der Waals surface area contributed by atoms with E-state index in [-0.39, 0.29) is 26.7 Å². The van der Waals surface area contributed by atoms with Crippen LogP contribution < -0.4 is 0 Å². The molecule has 0 fully saturated rings. The Morgan fingerprint density at radius 1 is 1.04 bits per heavy atom. The summed E-state index contributed by atoms with van der Waals surface area (Å²) in [6.45, 7) is 1.13. The van der Waals surface area contributed by atoms with Gasteiger partial charge in [0.2, 0.25) is 11.6 Å². The number of rotatable bonds is 2. The maximum atomic E-state index is 12.9. The van der Waals surface area contributed by atoms with Crippen LogP contribution >= 0.6 is 23.2 Å². The molecule has 0 amide bonds. The van der Waals surface area contributed by atoms with E-state index < -0.39 is 23.1 Å². The van der Waals surface area contributed by atoms with Gasteiger partial charge in [-0.15, -0.1) is 0 Å². The molecule has 0 heterocycles. The van der Waals surface area contributed by atoms with Crippen molar-refractivity contribution in [3.05, 3.63) is 69.2 Å². The molecule has 0 aromatic heterocycles. The zero-order chi connectivity index (χ0) is 16.8. The number of halogens is 2. The molecule has 3 rings (SSSR count). The maximum Gasteiger partial charge on any atom is 0.304 e. The minimum Gasteiger partial charge on any atom is -0.437 e. The Hall–Kier alpha value is -2.17. The second-order valence-electron chi connectivity index (χ2n) is 5.01. The summed E-state index contributed by atoms with van der Waals surface area (Å²) in [7, 11) is 0. The fourth-order valence-electron chi connectivity index (χ4n) is 2.62. The molecular weight excluding hydrogens is 339 g/mol. The van der Waals surface area contributed by atoms with E-state index in [1.807, 2.05) is 0 Å². The smallest absolute Gasteiger partial charge is 0.304 e. The Morgan fingerprint density at radius 3 is 2.09 bits per heavy atom. The Morgan fingerprint density at radius 2 is 1.61 bits per heavy atom. The number of hydrogen-bond donors (Lipinski definition) is 0. The van der Waals surface area contributed by atoms with E-state index in [0.29, 0.717) is 0 Å². The van der Waals surface area contributed by atoms with Crippen LogP contribution in [-0.4, -0.2) is 17.5 Å². The summed E-state index contributed by atoms with van der Waals surface area (Å²) >= 11 is 11.8. The first kappa shape index (κ1) is 15.7. The molecule has 0 saturated carbocycles. The molecule has 23 heavy (non-hydrogen) atoms. The van der Waals surface area contributed by atoms with Gasteiger partial charge in [-0.1, -0.05) is 53.5 Å². The van der Waals surface area contributed by atoms with Crippen LogP contribution in [-0.2, 0) is 15.1 Å². The van der Waals surface area contributed by atoms with Gasteiger partial charge in [0.25, 0.3) is 5.60 Å². The average Bonchev–Trinajstić information content (AvgIpc) is 2.73. The van der Waals surface area contributed by atoms with E-state index in [4.69, 9.17) is 27.9 Å². The molecule has 2 aromatic carbocycles. The van der Waals surface area contributed by atoms with Crippen molar-refractivity contribution in [2.75, 3.05) is 0 Å². The summed E-state index contributed by atoms with van der Waals surface area (Å²) < 4.78 is 5.22. The molecule has 1 aliphatic carbocycles. The Balaban J connectivity index is 2.28. The fourth-order valence-corrected chi connectivity index (χ4v) is 2.90. The molecular formula is C17H9Cl2O4. The lowest BCUT2D eigenvalue weighted by Crippen LogP contribution is -2.42. The second kappa shape index (κ2) is 5.48. The van der Waals surface area contributed by atoms with Crippen LogP contribution in [0.5, 0.6) is 0 Å². The zero-order valence-corrected chi connectivity index (χ0v) is 13.4. The number of esters is 1. The fraction of sp³-hybridized carbons (Fsp3) is 0.118. The highest BCUT2D eigenvalue weighted by Crippen LogP contribution is 2.42. The van der Waals surface area contributed by atoms with Gasteiger partial charge in [-0.3, -0.25) is 14.4 Å². The monoisotopic (exact) mass is 347 g/mol. The predicted octanol–water partition coefficient (Wildman–Crippen LogP) is 3.63. The lowest BCUT2D eigenvalue weighted by atomic mass is 9.88. The third-order valence-corrected chi connectivity index (χ3v) is 4.29. The third-order valence-electron chi connectivity index (χ3n) is 3.58. The van der Waals surface area contributed by atoms with Gasteiger partial charge in [0, 0.05) is 29.7 Å². The normalized spacial score (nSPS) is 15.4. The number of Topliss-reactive ketones (excluding diaryl/α,β-unsaturated/α-hetero) is 2. The van der Waals surface area contributed by atoms with E-state index in [1.54, 1.807) is 12.1 Å². The van der Waals surface area contributed by atoms with Crippen molar-refractivity contribution in [3.8, 4) is 0 Å². The lowest BCUT2D eigenvalue weighted by molar-refractivity contribution is -0.149. The van der Waals surface area contributed by atoms with Gasteiger partial charge in [-0.25, -0.2) is 0 Å². The molecule has 1 aliphatic rings. The molecule has 0 aliphatic heterocycles. The van der Waals surface area contributed by atoms with Crippen LogP contribution in [0.15, 0.2) is 36.4 Å². The second-order valence-corrected chi connectivity index (χ2v) is 5.80. The van der Waals surface area contributed by atoms with Crippen molar-refractivity contribution in [1.29, 1.82) is 0 Å². The number of hydrogen-bond acceptors (Lipinski definition) is 4. The maximum absolute atomic E-state index is 12.9. The largest absolute Gasteiger partial charge is 0.437 e. The standard InChI is InChI=1S/C17H9Cl2O4/c1-9(20)23-17(10-6-7-13(18)14(19)8-10)15(21)11-4-2-3-5-12(11)16(17)22/h2-7H,1H3. The summed E-state index contributed by atoms with van der Waals surface area (Å²) in [5.74, 6) is -2.01. The SMILES string of the molecule is CC(=O)OC1(c2[c]c(Cl)c(Cl)cc2)C(=O)c2ccccc2C1=O. The van der Waals surface area contributed by atoms with E-state index in [9.17, 15) is 14.4 Å². The molecule has 0 unspecified atom stereocenters. The number of fused-ring (bicyclic) bond motifs is 1. The van der Waals surface area contributed by atoms with Crippen molar-refractivity contribution in [3.63, 3.8) is 0 Å². The van der Waals surface area contributed by atoms with Crippen LogP contribution in [0.4, 0.5) is 0 Å². The highest BCUT2D eigenvalue weighted by molar-refractivity contribution is 6.42. The molecule has 4 nitrogen and oxygen atoms in total. The zero-order valence-electron chi connectivity index (χ0n) is 11.9. The molecule has 115 valence electrons. The summed E-state index contributed by atoms with van der Waals surface area (Å²) in [4.78, 5) is 37.3. The minimum absolute atomic E-state index is 0.0345. The topological polar surface area (TPSA) is 60.4 Å². The number of ether oxygens (including phenoxy) is 1. The lowest BCUT2D eigenvalue weighted by Gasteiger charge is -2.25. The Labute approximate surface area is 142 Å². The molecule has 0 bridgehead atoms. The van der Waals surface area contributed by atoms with Gasteiger partial charge in [0.05, 0.1) is 10.0 Å². The first-order valence-electron chi connectivity index (χ1n) is 6.64. The van der Waals surface area contributed by atoms with Crippen LogP contribution in [0.1, 0.15) is 33.2 Å². The van der Waals surface area contributed by atoms with Gasteiger partial charge in [-0.05, 0) is 6.07 Å². The molecule has 2 aromatic rings. The van der Waals surface area contributed by atoms with Gasteiger partial charge in [0.1, 0.15) is 0 Å². The first-order valence-corrected chi connectivity index (χ1v) is 7.39. The van der Waals surface area contributed by atoms with Crippen molar-refractivity contribution in [2.24, 2.45) is 0 Å². The summed E-state index contributed by atoms with van der Waals surface area (Å²) in [6, 6.07) is 11.8. The number of carbonyl (C=O) groups is 3. The quantitative estimate of drug-likeness (QED) is 0.614. The van der Waals surface area contributed by atoms with Crippen molar-refractivity contribution >= 4 is 40.7 Å². The Bertz CT molecular complexity index is 822. The highest BCUT2D eigenvalue weighted by Gasteiger charge is 2.57. The molecule has 0 saturated heterocycles. The van der Waals surface area contributed by atoms with Gasteiger partial charge in [0.15, 0.2) is 0 Å². The van der Waals surface area contributed by atoms with E-state index >= 15 is 0 Å². The molecule has 0 atom stereocenters. The van der Waals surface area contributed by atoms with Gasteiger partial charge < -0.3 is 4.74 Å². The predicted molar refractivity (Wildman–Crippen MR) is 83.8 cm³/mol. The average molecular weight is 348 g/mol. The van der Waals surface area contributed by atoms with Crippen LogP contribution in [0.25, 0.3) is 0 Å². The third kappa shape index (κ3) is 2.26. The number of benzene rings is 2. The molecule has 6 heteroatoms. The summed E-state index contributed by atoms with van der Waals surface area (Å²) in [5.41, 5.74) is -1.67. The van der Waals surface area contributed by atoms with Gasteiger partial charge >= 0.3 is 5.97 Å². The summed E-state index contributed by atoms with van der Waals surface area (Å²) in [6.07, 6.45) is 0. The van der Waals surface area contributed by atoms with Crippen LogP contribution in [0.2, 0.25) is 10.0 Å². The molecule has 0 N–H and O–H groups in total. The first-order chi connectivity index (χ1) is 10.9. The number of ketones is 2. The van der Waals surface area contributed by atoms with Crippen molar-refractivity contribution in [2.45, 2.75) is 12.5 Å². The molecule has 1 radical (unpaired) electrons. The van der Waals surface area contributed by atoms with E-state index in [2.05, 4.69) is 6.07 Å². The van der Waals surface area contributed by atoms with Gasteiger partial charge in [-0.2, -0.15) is 0 Å². The minimum atomic E-state index is -2.11. The van der Waals surface area contributed by atoms with Crippen molar-refractivity contribution < 1.29 is 19.1 Å². The molecule has 0 spiro atoms. The Kier molecular flexibility index (Phi) is 3.74. The van der Waals surface area contributed by atoms with Crippen molar-refractivity contribution in [1.82, 2.24) is 0 Å². The van der Waals surface area contributed by atoms with E-state index in [0.717, 1.165) is 6.92 Å².